The van der Waals surface area contributed by atoms with Crippen LogP contribution >= 0.6 is 0 Å². The molecule has 0 bridgehead atoms. The van der Waals surface area contributed by atoms with Crippen LogP contribution in [0.2, 0.25) is 0 Å². The molecule has 2 heterocycles. The molecule has 0 aliphatic rings. The van der Waals surface area contributed by atoms with E-state index >= 15 is 0 Å². The Morgan fingerprint density at radius 2 is 2.14 bits per heavy atom. The fourth-order valence-corrected chi connectivity index (χ4v) is 1.59. The molecule has 2 aromatic rings. The topological polar surface area (TPSA) is 97.2 Å². The van der Waals surface area contributed by atoms with Crippen LogP contribution < -0.4 is 10.1 Å². The highest BCUT2D eigenvalue weighted by atomic mass is 16.5. The van der Waals surface area contributed by atoms with Gasteiger partial charge in [-0.1, -0.05) is 6.07 Å². The molecule has 0 amide bonds. The molecule has 0 spiro atoms. The van der Waals surface area contributed by atoms with Crippen molar-refractivity contribution in [3.05, 3.63) is 42.0 Å². The van der Waals surface area contributed by atoms with Crippen molar-refractivity contribution in [2.45, 2.75) is 26.5 Å². The van der Waals surface area contributed by atoms with Gasteiger partial charge in [0.05, 0.1) is 6.10 Å². The Hall–Kier alpha value is -2.70. The van der Waals surface area contributed by atoms with E-state index in [2.05, 4.69) is 20.3 Å². The van der Waals surface area contributed by atoms with Gasteiger partial charge in [0.25, 0.3) is 0 Å². The van der Waals surface area contributed by atoms with E-state index in [4.69, 9.17) is 9.84 Å². The number of rotatable bonds is 6. The molecule has 2 rings (SSSR count). The molecule has 0 unspecified atom stereocenters. The van der Waals surface area contributed by atoms with Gasteiger partial charge in [-0.05, 0) is 25.5 Å². The summed E-state index contributed by atoms with van der Waals surface area (Å²) in [6, 6.07) is 4.88. The van der Waals surface area contributed by atoms with Crippen LogP contribution in [0.25, 0.3) is 0 Å². The van der Waals surface area contributed by atoms with Gasteiger partial charge in [-0.15, -0.1) is 0 Å². The summed E-state index contributed by atoms with van der Waals surface area (Å²) in [6.07, 6.45) is 2.98. The zero-order valence-corrected chi connectivity index (χ0v) is 11.8. The normalized spacial score (nSPS) is 10.4. The molecule has 0 fully saturated rings. The van der Waals surface area contributed by atoms with Crippen LogP contribution in [0.4, 0.5) is 5.82 Å². The summed E-state index contributed by atoms with van der Waals surface area (Å²) in [5, 5.41) is 11.9. The lowest BCUT2D eigenvalue weighted by Crippen LogP contribution is -2.08. The predicted octanol–water partition coefficient (Wildman–Crippen LogP) is 1.97. The standard InChI is InChI=1S/C14H16N4O3/c1-9(2)21-13-5-12(17-8-18-13)16-7-10-3-4-11(14(19)20)15-6-10/h3-6,8-9H,7H2,1-2H3,(H,19,20)(H,16,17,18). The number of nitrogens with zero attached hydrogens (tertiary/aromatic N) is 3. The van der Waals surface area contributed by atoms with Crippen molar-refractivity contribution < 1.29 is 14.6 Å². The van der Waals surface area contributed by atoms with Gasteiger partial charge in [0.15, 0.2) is 0 Å². The molecule has 21 heavy (non-hydrogen) atoms. The molecule has 0 aromatic carbocycles. The molecular formula is C14H16N4O3. The average Bonchev–Trinajstić information content (AvgIpc) is 2.45. The smallest absolute Gasteiger partial charge is 0.354 e. The van der Waals surface area contributed by atoms with Crippen molar-refractivity contribution in [1.82, 2.24) is 15.0 Å². The number of carbonyl (C=O) groups is 1. The van der Waals surface area contributed by atoms with Gasteiger partial charge in [0.1, 0.15) is 17.8 Å². The maximum atomic E-state index is 10.7. The van der Waals surface area contributed by atoms with Crippen LogP contribution in [0, 0.1) is 0 Å². The summed E-state index contributed by atoms with van der Waals surface area (Å²) in [4.78, 5) is 22.7. The number of anilines is 1. The van der Waals surface area contributed by atoms with E-state index in [1.165, 1.54) is 18.6 Å². The number of nitrogens with one attached hydrogen (secondary N) is 1. The van der Waals surface area contributed by atoms with E-state index in [1.807, 2.05) is 13.8 Å². The lowest BCUT2D eigenvalue weighted by atomic mass is 10.2. The number of aromatic carboxylic acids is 1. The quantitative estimate of drug-likeness (QED) is 0.838. The third-order valence-corrected chi connectivity index (χ3v) is 2.52. The number of hydrogen-bond acceptors (Lipinski definition) is 6. The van der Waals surface area contributed by atoms with Crippen molar-refractivity contribution in [2.24, 2.45) is 0 Å². The van der Waals surface area contributed by atoms with Crippen molar-refractivity contribution in [3.63, 3.8) is 0 Å². The Bertz CT molecular complexity index is 614. The maximum absolute atomic E-state index is 10.7. The van der Waals surface area contributed by atoms with Crippen LogP contribution in [0.1, 0.15) is 29.9 Å². The number of hydrogen-bond donors (Lipinski definition) is 2. The Balaban J connectivity index is 1.97. The largest absolute Gasteiger partial charge is 0.477 e. The minimum absolute atomic E-state index is 0.0217. The second-order valence-corrected chi connectivity index (χ2v) is 4.62. The van der Waals surface area contributed by atoms with Gasteiger partial charge in [0.2, 0.25) is 5.88 Å². The van der Waals surface area contributed by atoms with E-state index in [-0.39, 0.29) is 11.8 Å². The van der Waals surface area contributed by atoms with Crippen LogP contribution in [0.5, 0.6) is 5.88 Å². The predicted molar refractivity (Wildman–Crippen MR) is 76.3 cm³/mol. The molecule has 7 nitrogen and oxygen atoms in total. The highest BCUT2D eigenvalue weighted by Crippen LogP contribution is 2.13. The second kappa shape index (κ2) is 6.65. The van der Waals surface area contributed by atoms with Crippen molar-refractivity contribution in [3.8, 4) is 5.88 Å². The first-order valence-electron chi connectivity index (χ1n) is 6.45. The monoisotopic (exact) mass is 288 g/mol. The second-order valence-electron chi connectivity index (χ2n) is 4.62. The summed E-state index contributed by atoms with van der Waals surface area (Å²) >= 11 is 0. The van der Waals surface area contributed by atoms with E-state index in [1.54, 1.807) is 12.1 Å². The van der Waals surface area contributed by atoms with E-state index in [0.717, 1.165) is 5.56 Å². The van der Waals surface area contributed by atoms with Crippen LogP contribution in [0.3, 0.4) is 0 Å². The van der Waals surface area contributed by atoms with Gasteiger partial charge >= 0.3 is 5.97 Å². The molecule has 0 saturated carbocycles. The van der Waals surface area contributed by atoms with Gasteiger partial charge < -0.3 is 15.2 Å². The first-order valence-corrected chi connectivity index (χ1v) is 6.45. The first-order chi connectivity index (χ1) is 10.0. The zero-order valence-electron chi connectivity index (χ0n) is 11.8. The summed E-state index contributed by atoms with van der Waals surface area (Å²) in [5.74, 6) is 0.0885. The van der Waals surface area contributed by atoms with Gasteiger partial charge in [0, 0.05) is 18.8 Å². The average molecular weight is 288 g/mol. The molecule has 0 radical (unpaired) electrons. The molecule has 0 aliphatic carbocycles. The van der Waals surface area contributed by atoms with E-state index in [9.17, 15) is 4.79 Å². The van der Waals surface area contributed by atoms with E-state index < -0.39 is 5.97 Å². The molecular weight excluding hydrogens is 272 g/mol. The summed E-state index contributed by atoms with van der Waals surface area (Å²) in [5.41, 5.74) is 0.873. The van der Waals surface area contributed by atoms with Crippen molar-refractivity contribution >= 4 is 11.8 Å². The zero-order chi connectivity index (χ0) is 15.2. The van der Waals surface area contributed by atoms with Gasteiger partial charge in [-0.3, -0.25) is 0 Å². The molecule has 7 heteroatoms. The lowest BCUT2D eigenvalue weighted by Gasteiger charge is -2.10. The maximum Gasteiger partial charge on any atom is 0.354 e. The van der Waals surface area contributed by atoms with Gasteiger partial charge in [-0.2, -0.15) is 0 Å². The highest BCUT2D eigenvalue weighted by Gasteiger charge is 2.05. The van der Waals surface area contributed by atoms with E-state index in [0.29, 0.717) is 18.2 Å². The number of pyridine rings is 1. The number of carboxylic acid groups (broad SMARTS) is 1. The Morgan fingerprint density at radius 3 is 2.76 bits per heavy atom. The van der Waals surface area contributed by atoms with Crippen molar-refractivity contribution in [2.75, 3.05) is 5.32 Å². The molecule has 2 aromatic heterocycles. The molecule has 2 N–H and O–H groups in total. The molecule has 0 atom stereocenters. The summed E-state index contributed by atoms with van der Waals surface area (Å²) in [6.45, 7) is 4.32. The van der Waals surface area contributed by atoms with Crippen LogP contribution in [0.15, 0.2) is 30.7 Å². The minimum atomic E-state index is -1.04. The molecule has 0 saturated heterocycles. The number of ether oxygens (including phenoxy) is 1. The number of aromatic nitrogens is 3. The molecule has 110 valence electrons. The van der Waals surface area contributed by atoms with Crippen molar-refractivity contribution in [1.29, 1.82) is 0 Å². The van der Waals surface area contributed by atoms with Crippen LogP contribution in [-0.2, 0) is 6.54 Å². The third kappa shape index (κ3) is 4.41. The Labute approximate surface area is 122 Å². The molecule has 0 aliphatic heterocycles. The summed E-state index contributed by atoms with van der Waals surface area (Å²) < 4.78 is 5.48. The Morgan fingerprint density at radius 1 is 1.33 bits per heavy atom. The fourth-order valence-electron chi connectivity index (χ4n) is 1.59. The Kier molecular flexibility index (Phi) is 4.65. The summed E-state index contributed by atoms with van der Waals surface area (Å²) in [7, 11) is 0. The van der Waals surface area contributed by atoms with Crippen LogP contribution in [-0.4, -0.2) is 32.1 Å². The fraction of sp³-hybridized carbons (Fsp3) is 0.286. The highest BCUT2D eigenvalue weighted by molar-refractivity contribution is 5.85. The van der Waals surface area contributed by atoms with Gasteiger partial charge in [-0.25, -0.2) is 19.7 Å². The number of carboxylic acids is 1. The SMILES string of the molecule is CC(C)Oc1cc(NCc2ccc(C(=O)O)nc2)ncn1. The minimum Gasteiger partial charge on any atom is -0.477 e. The third-order valence-electron chi connectivity index (χ3n) is 2.52. The lowest BCUT2D eigenvalue weighted by molar-refractivity contribution is 0.0690. The first kappa shape index (κ1) is 14.7.